The second kappa shape index (κ2) is 4.40. The van der Waals surface area contributed by atoms with Crippen LogP contribution in [0.3, 0.4) is 0 Å². The third-order valence-electron chi connectivity index (χ3n) is 3.45. The van der Waals surface area contributed by atoms with Gasteiger partial charge < -0.3 is 4.57 Å². The molecule has 0 unspecified atom stereocenters. The average molecular weight is 266 g/mol. The molecule has 0 fully saturated rings. The van der Waals surface area contributed by atoms with E-state index in [0.717, 1.165) is 22.3 Å². The quantitative estimate of drug-likeness (QED) is 0.678. The van der Waals surface area contributed by atoms with Crippen LogP contribution in [0.2, 0.25) is 0 Å². The van der Waals surface area contributed by atoms with Crippen molar-refractivity contribution in [3.63, 3.8) is 0 Å². The summed E-state index contributed by atoms with van der Waals surface area (Å²) in [6.07, 6.45) is 7.19. The van der Waals surface area contributed by atoms with Gasteiger partial charge >= 0.3 is 0 Å². The van der Waals surface area contributed by atoms with E-state index >= 15 is 0 Å². The first-order chi connectivity index (χ1) is 9.48. The summed E-state index contributed by atoms with van der Waals surface area (Å²) >= 11 is 0. The van der Waals surface area contributed by atoms with Crippen molar-refractivity contribution < 1.29 is 0 Å². The van der Waals surface area contributed by atoms with Crippen molar-refractivity contribution in [1.82, 2.24) is 19.5 Å². The number of rotatable bonds is 1. The van der Waals surface area contributed by atoms with Crippen molar-refractivity contribution in [3.05, 3.63) is 48.4 Å². The van der Waals surface area contributed by atoms with E-state index in [2.05, 4.69) is 54.8 Å². The number of fused-ring (bicyclic) bond motifs is 1. The third-order valence-corrected chi connectivity index (χ3v) is 3.45. The van der Waals surface area contributed by atoms with Crippen molar-refractivity contribution in [3.8, 4) is 5.69 Å². The van der Waals surface area contributed by atoms with E-state index in [-0.39, 0.29) is 5.41 Å². The molecule has 0 bridgehead atoms. The minimum atomic E-state index is -0.0113. The number of benzene rings is 1. The second-order valence-corrected chi connectivity index (χ2v) is 6.07. The van der Waals surface area contributed by atoms with E-state index in [4.69, 9.17) is 0 Å². The highest BCUT2D eigenvalue weighted by molar-refractivity contribution is 5.90. The zero-order valence-corrected chi connectivity index (χ0v) is 12.3. The zero-order chi connectivity index (χ0) is 14.3. The van der Waals surface area contributed by atoms with Gasteiger partial charge in [0, 0.05) is 23.2 Å². The minimum Gasteiger partial charge on any atom is -0.304 e. The predicted molar refractivity (Wildman–Crippen MR) is 80.1 cm³/mol. The van der Waals surface area contributed by atoms with Crippen molar-refractivity contribution in [2.45, 2.75) is 33.1 Å². The summed E-state index contributed by atoms with van der Waals surface area (Å²) in [4.78, 5) is 13.1. The maximum Gasteiger partial charge on any atom is 0.116 e. The standard InChI is InChI=1S/C16H18N4/c1-11-5-6-12-13(14(11)20-8-7-17-10-20)18-9-19-15(12)16(2,3)4/h5-10H,1-4H3. The second-order valence-electron chi connectivity index (χ2n) is 6.07. The Morgan fingerprint density at radius 2 is 1.90 bits per heavy atom. The molecule has 20 heavy (non-hydrogen) atoms. The summed E-state index contributed by atoms with van der Waals surface area (Å²) in [6, 6.07) is 4.24. The summed E-state index contributed by atoms with van der Waals surface area (Å²) in [7, 11) is 0. The minimum absolute atomic E-state index is 0.0113. The zero-order valence-electron chi connectivity index (χ0n) is 12.3. The fourth-order valence-electron chi connectivity index (χ4n) is 2.53. The average Bonchev–Trinajstić information content (AvgIpc) is 2.90. The Hall–Kier alpha value is -2.23. The van der Waals surface area contributed by atoms with Gasteiger partial charge in [-0.3, -0.25) is 0 Å². The molecule has 2 aromatic heterocycles. The van der Waals surface area contributed by atoms with Crippen LogP contribution in [0.5, 0.6) is 0 Å². The monoisotopic (exact) mass is 266 g/mol. The Morgan fingerprint density at radius 3 is 2.55 bits per heavy atom. The molecule has 2 heterocycles. The Balaban J connectivity index is 2.40. The largest absolute Gasteiger partial charge is 0.304 e. The van der Waals surface area contributed by atoms with Crippen molar-refractivity contribution in [2.24, 2.45) is 0 Å². The predicted octanol–water partition coefficient (Wildman–Crippen LogP) is 3.42. The molecule has 4 heteroatoms. The molecule has 0 N–H and O–H groups in total. The van der Waals surface area contributed by atoms with Crippen LogP contribution in [-0.4, -0.2) is 19.5 Å². The van der Waals surface area contributed by atoms with Gasteiger partial charge in [-0.2, -0.15) is 0 Å². The Morgan fingerprint density at radius 1 is 1.10 bits per heavy atom. The lowest BCUT2D eigenvalue weighted by Crippen LogP contribution is -2.15. The molecule has 102 valence electrons. The fraction of sp³-hybridized carbons (Fsp3) is 0.312. The molecule has 0 aliphatic rings. The molecular formula is C16H18N4. The maximum absolute atomic E-state index is 4.51. The summed E-state index contributed by atoms with van der Waals surface area (Å²) in [5.74, 6) is 0. The lowest BCUT2D eigenvalue weighted by molar-refractivity contribution is 0.574. The van der Waals surface area contributed by atoms with Crippen LogP contribution in [-0.2, 0) is 5.41 Å². The summed E-state index contributed by atoms with van der Waals surface area (Å²) < 4.78 is 2.01. The van der Waals surface area contributed by atoms with Gasteiger partial charge in [0.1, 0.15) is 6.33 Å². The first-order valence-corrected chi connectivity index (χ1v) is 6.71. The molecule has 0 saturated carbocycles. The molecule has 3 aromatic rings. The van der Waals surface area contributed by atoms with Crippen LogP contribution in [0, 0.1) is 6.92 Å². The number of hydrogen-bond donors (Lipinski definition) is 0. The summed E-state index contributed by atoms with van der Waals surface area (Å²) in [6.45, 7) is 8.61. The number of imidazole rings is 1. The van der Waals surface area contributed by atoms with Crippen LogP contribution in [0.25, 0.3) is 16.6 Å². The molecule has 0 aliphatic carbocycles. The molecular weight excluding hydrogens is 248 g/mol. The van der Waals surface area contributed by atoms with Gasteiger partial charge in [-0.1, -0.05) is 32.9 Å². The molecule has 0 atom stereocenters. The molecule has 1 aromatic carbocycles. The van der Waals surface area contributed by atoms with E-state index in [1.807, 2.05) is 10.8 Å². The Labute approximate surface area is 118 Å². The van der Waals surface area contributed by atoms with Gasteiger partial charge in [0.15, 0.2) is 0 Å². The lowest BCUT2D eigenvalue weighted by atomic mass is 9.88. The molecule has 3 rings (SSSR count). The van der Waals surface area contributed by atoms with Gasteiger partial charge in [-0.25, -0.2) is 15.0 Å². The molecule has 0 saturated heterocycles. The summed E-state index contributed by atoms with van der Waals surface area (Å²) in [5.41, 5.74) is 4.29. The van der Waals surface area contributed by atoms with E-state index in [0.29, 0.717) is 0 Å². The van der Waals surface area contributed by atoms with Crippen molar-refractivity contribution in [1.29, 1.82) is 0 Å². The van der Waals surface area contributed by atoms with Crippen molar-refractivity contribution >= 4 is 10.9 Å². The smallest absolute Gasteiger partial charge is 0.116 e. The molecule has 0 radical (unpaired) electrons. The van der Waals surface area contributed by atoms with E-state index in [1.165, 1.54) is 5.56 Å². The number of aryl methyl sites for hydroxylation is 1. The molecule has 0 spiro atoms. The molecule has 0 amide bonds. The van der Waals surface area contributed by atoms with Gasteiger partial charge in [-0.05, 0) is 12.5 Å². The van der Waals surface area contributed by atoms with Gasteiger partial charge in [0.2, 0.25) is 0 Å². The highest BCUT2D eigenvalue weighted by Crippen LogP contribution is 2.31. The topological polar surface area (TPSA) is 43.6 Å². The van der Waals surface area contributed by atoms with Crippen LogP contribution in [0.15, 0.2) is 37.2 Å². The SMILES string of the molecule is Cc1ccc2c(C(C)(C)C)ncnc2c1-n1ccnc1. The first kappa shape index (κ1) is 12.8. The van der Waals surface area contributed by atoms with Gasteiger partial charge in [0.05, 0.1) is 23.2 Å². The maximum atomic E-state index is 4.51. The lowest BCUT2D eigenvalue weighted by Gasteiger charge is -2.20. The van der Waals surface area contributed by atoms with Crippen LogP contribution >= 0.6 is 0 Å². The van der Waals surface area contributed by atoms with E-state index in [1.54, 1.807) is 18.9 Å². The number of nitrogens with zero attached hydrogens (tertiary/aromatic N) is 4. The van der Waals surface area contributed by atoms with Crippen molar-refractivity contribution in [2.75, 3.05) is 0 Å². The van der Waals surface area contributed by atoms with Crippen LogP contribution < -0.4 is 0 Å². The van der Waals surface area contributed by atoms with Crippen LogP contribution in [0.4, 0.5) is 0 Å². The van der Waals surface area contributed by atoms with E-state index < -0.39 is 0 Å². The van der Waals surface area contributed by atoms with Gasteiger partial charge in [0.25, 0.3) is 0 Å². The summed E-state index contributed by atoms with van der Waals surface area (Å²) in [5, 5.41) is 1.11. The Kier molecular flexibility index (Phi) is 2.82. The third kappa shape index (κ3) is 1.97. The van der Waals surface area contributed by atoms with E-state index in [9.17, 15) is 0 Å². The van der Waals surface area contributed by atoms with Crippen LogP contribution in [0.1, 0.15) is 32.0 Å². The number of hydrogen-bond acceptors (Lipinski definition) is 3. The Bertz CT molecular complexity index is 752. The van der Waals surface area contributed by atoms with Gasteiger partial charge in [-0.15, -0.1) is 0 Å². The first-order valence-electron chi connectivity index (χ1n) is 6.71. The number of aromatic nitrogens is 4. The highest BCUT2D eigenvalue weighted by Gasteiger charge is 2.20. The highest BCUT2D eigenvalue weighted by atomic mass is 15.0. The molecule has 0 aliphatic heterocycles. The molecule has 4 nitrogen and oxygen atoms in total. The normalized spacial score (nSPS) is 12.0. The fourth-order valence-corrected chi connectivity index (χ4v) is 2.53.